The quantitative estimate of drug-likeness (QED) is 0.605. The van der Waals surface area contributed by atoms with Crippen LogP contribution in [0.1, 0.15) is 60.3 Å². The number of unbranched alkanes of at least 4 members (excludes halogenated alkanes) is 1. The second-order valence-corrected chi connectivity index (χ2v) is 7.63. The number of nitrogens with one attached hydrogen (secondary N) is 1. The molecule has 0 saturated carbocycles. The summed E-state index contributed by atoms with van der Waals surface area (Å²) in [6, 6.07) is 21.0. The highest BCUT2D eigenvalue weighted by molar-refractivity contribution is 6.05. The van der Waals surface area contributed by atoms with E-state index in [1.807, 2.05) is 43.3 Å². The number of fused-ring (bicyclic) bond motifs is 2. The zero-order valence-corrected chi connectivity index (χ0v) is 16.9. The zero-order valence-electron chi connectivity index (χ0n) is 16.9. The largest absolute Gasteiger partial charge is 0.354 e. The monoisotopic (exact) mass is 386 g/mol. The Kier molecular flexibility index (Phi) is 5.34. The minimum Gasteiger partial charge on any atom is -0.354 e. The van der Waals surface area contributed by atoms with E-state index in [-0.39, 0.29) is 17.9 Å². The summed E-state index contributed by atoms with van der Waals surface area (Å²) in [5, 5.41) is 5.31. The van der Waals surface area contributed by atoms with Gasteiger partial charge in [-0.2, -0.15) is 0 Å². The van der Waals surface area contributed by atoms with Gasteiger partial charge < -0.3 is 10.2 Å². The number of amides is 2. The molecule has 1 aliphatic rings. The third-order valence-electron chi connectivity index (χ3n) is 5.75. The Balaban J connectivity index is 1.70. The molecular weight excluding hydrogens is 360 g/mol. The molecule has 2 atom stereocenters. The van der Waals surface area contributed by atoms with Crippen molar-refractivity contribution in [3.8, 4) is 0 Å². The van der Waals surface area contributed by atoms with Gasteiger partial charge in [0.15, 0.2) is 0 Å². The third kappa shape index (κ3) is 3.51. The van der Waals surface area contributed by atoms with E-state index in [4.69, 9.17) is 0 Å². The number of carbonyl (C=O) groups excluding carboxylic acids is 2. The van der Waals surface area contributed by atoms with E-state index in [1.54, 1.807) is 4.90 Å². The summed E-state index contributed by atoms with van der Waals surface area (Å²) in [7, 11) is 0. The highest BCUT2D eigenvalue weighted by atomic mass is 16.2. The Morgan fingerprint density at radius 2 is 1.76 bits per heavy atom. The van der Waals surface area contributed by atoms with Crippen molar-refractivity contribution in [2.75, 3.05) is 6.54 Å². The van der Waals surface area contributed by atoms with Gasteiger partial charge in [0.1, 0.15) is 6.04 Å². The molecule has 0 aromatic heterocycles. The van der Waals surface area contributed by atoms with E-state index >= 15 is 0 Å². The van der Waals surface area contributed by atoms with Gasteiger partial charge in [-0.3, -0.25) is 9.59 Å². The van der Waals surface area contributed by atoms with Crippen molar-refractivity contribution >= 4 is 22.6 Å². The van der Waals surface area contributed by atoms with Gasteiger partial charge >= 0.3 is 0 Å². The summed E-state index contributed by atoms with van der Waals surface area (Å²) in [5.41, 5.74) is 2.44. The van der Waals surface area contributed by atoms with Gasteiger partial charge in [-0.05, 0) is 47.4 Å². The smallest absolute Gasteiger partial charge is 0.255 e. The van der Waals surface area contributed by atoms with E-state index < -0.39 is 6.04 Å². The number of rotatable bonds is 6. The fourth-order valence-corrected chi connectivity index (χ4v) is 4.12. The standard InChI is InChI=1S/C25H26N2O2/c1-3-4-15-26-24(28)23-21-11-7-8-12-22(21)25(29)27(23)17(2)19-14-13-18-9-5-6-10-20(18)16-19/h5-14,16-17,23H,3-4,15H2,1-2H3,(H,26,28). The lowest BCUT2D eigenvalue weighted by atomic mass is 10.00. The fraction of sp³-hybridized carbons (Fsp3) is 0.280. The first-order chi connectivity index (χ1) is 14.1. The molecule has 0 aliphatic carbocycles. The average molecular weight is 386 g/mol. The Bertz CT molecular complexity index is 1060. The molecule has 1 N–H and O–H groups in total. The molecule has 29 heavy (non-hydrogen) atoms. The molecule has 1 aliphatic heterocycles. The fourth-order valence-electron chi connectivity index (χ4n) is 4.12. The van der Waals surface area contributed by atoms with Gasteiger partial charge in [0.2, 0.25) is 5.91 Å². The predicted molar refractivity (Wildman–Crippen MR) is 116 cm³/mol. The molecule has 0 saturated heterocycles. The van der Waals surface area contributed by atoms with Crippen LogP contribution in [0.4, 0.5) is 0 Å². The molecule has 3 aromatic carbocycles. The second-order valence-electron chi connectivity index (χ2n) is 7.63. The van der Waals surface area contributed by atoms with E-state index in [0.717, 1.165) is 34.7 Å². The summed E-state index contributed by atoms with van der Waals surface area (Å²) >= 11 is 0. The van der Waals surface area contributed by atoms with Crippen molar-refractivity contribution < 1.29 is 9.59 Å². The lowest BCUT2D eigenvalue weighted by Crippen LogP contribution is -2.40. The summed E-state index contributed by atoms with van der Waals surface area (Å²) in [5.74, 6) is -0.193. The molecule has 0 radical (unpaired) electrons. The van der Waals surface area contributed by atoms with Crippen LogP contribution >= 0.6 is 0 Å². The van der Waals surface area contributed by atoms with Crippen LogP contribution in [-0.2, 0) is 4.79 Å². The van der Waals surface area contributed by atoms with Crippen LogP contribution in [0.3, 0.4) is 0 Å². The van der Waals surface area contributed by atoms with Crippen molar-refractivity contribution in [2.45, 2.75) is 38.8 Å². The van der Waals surface area contributed by atoms with Crippen molar-refractivity contribution in [2.24, 2.45) is 0 Å². The summed E-state index contributed by atoms with van der Waals surface area (Å²) in [4.78, 5) is 28.1. The van der Waals surface area contributed by atoms with Gasteiger partial charge in [0.25, 0.3) is 5.91 Å². The summed E-state index contributed by atoms with van der Waals surface area (Å²) < 4.78 is 0. The first-order valence-electron chi connectivity index (χ1n) is 10.3. The van der Waals surface area contributed by atoms with Crippen molar-refractivity contribution in [3.63, 3.8) is 0 Å². The molecule has 0 fully saturated rings. The second kappa shape index (κ2) is 8.08. The number of hydrogen-bond acceptors (Lipinski definition) is 2. The number of benzene rings is 3. The van der Waals surface area contributed by atoms with Crippen LogP contribution in [0.5, 0.6) is 0 Å². The van der Waals surface area contributed by atoms with Gasteiger partial charge in [0.05, 0.1) is 6.04 Å². The van der Waals surface area contributed by atoms with Crippen LogP contribution in [0.15, 0.2) is 66.7 Å². The molecular formula is C25H26N2O2. The van der Waals surface area contributed by atoms with E-state index in [1.165, 1.54) is 0 Å². The lowest BCUT2D eigenvalue weighted by molar-refractivity contribution is -0.126. The normalized spacial score (nSPS) is 16.7. The molecule has 0 spiro atoms. The van der Waals surface area contributed by atoms with Gasteiger partial charge in [-0.15, -0.1) is 0 Å². The Labute approximate surface area is 171 Å². The van der Waals surface area contributed by atoms with Gasteiger partial charge in [-0.25, -0.2) is 0 Å². The van der Waals surface area contributed by atoms with Gasteiger partial charge in [0, 0.05) is 12.1 Å². The van der Waals surface area contributed by atoms with E-state index in [2.05, 4.69) is 42.6 Å². The summed E-state index contributed by atoms with van der Waals surface area (Å²) in [6.07, 6.45) is 1.94. The number of nitrogens with zero attached hydrogens (tertiary/aromatic N) is 1. The molecule has 3 aromatic rings. The molecule has 148 valence electrons. The maximum atomic E-state index is 13.3. The highest BCUT2D eigenvalue weighted by Gasteiger charge is 2.43. The third-order valence-corrected chi connectivity index (χ3v) is 5.75. The van der Waals surface area contributed by atoms with Crippen LogP contribution < -0.4 is 5.32 Å². The minimum absolute atomic E-state index is 0.0862. The molecule has 4 heteroatoms. The van der Waals surface area contributed by atoms with E-state index in [9.17, 15) is 9.59 Å². The lowest BCUT2D eigenvalue weighted by Gasteiger charge is -2.31. The van der Waals surface area contributed by atoms with Crippen molar-refractivity contribution in [3.05, 3.63) is 83.4 Å². The molecule has 4 rings (SSSR count). The summed E-state index contributed by atoms with van der Waals surface area (Å²) in [6.45, 7) is 4.72. The number of carbonyl (C=O) groups is 2. The first kappa shape index (κ1) is 19.2. The van der Waals surface area contributed by atoms with Crippen LogP contribution in [0.25, 0.3) is 10.8 Å². The molecule has 2 unspecified atom stereocenters. The van der Waals surface area contributed by atoms with Gasteiger partial charge in [-0.1, -0.05) is 67.9 Å². The molecule has 4 nitrogen and oxygen atoms in total. The topological polar surface area (TPSA) is 49.4 Å². The molecule has 0 bridgehead atoms. The Hall–Kier alpha value is -3.14. The van der Waals surface area contributed by atoms with Crippen LogP contribution in [0, 0.1) is 0 Å². The minimum atomic E-state index is -0.600. The van der Waals surface area contributed by atoms with Crippen LogP contribution in [-0.4, -0.2) is 23.3 Å². The highest BCUT2D eigenvalue weighted by Crippen LogP contribution is 2.40. The van der Waals surface area contributed by atoms with Crippen molar-refractivity contribution in [1.82, 2.24) is 10.2 Å². The van der Waals surface area contributed by atoms with Crippen LogP contribution in [0.2, 0.25) is 0 Å². The predicted octanol–water partition coefficient (Wildman–Crippen LogP) is 5.01. The Morgan fingerprint density at radius 1 is 1.03 bits per heavy atom. The SMILES string of the molecule is CCCCNC(=O)C1c2ccccc2C(=O)N1C(C)c1ccc2ccccc2c1. The van der Waals surface area contributed by atoms with E-state index in [0.29, 0.717) is 12.1 Å². The average Bonchev–Trinajstić information content (AvgIpc) is 3.05. The van der Waals surface area contributed by atoms with Crippen molar-refractivity contribution in [1.29, 1.82) is 0 Å². The maximum Gasteiger partial charge on any atom is 0.255 e. The molecule has 2 amide bonds. The molecule has 1 heterocycles. The maximum absolute atomic E-state index is 13.3. The Morgan fingerprint density at radius 3 is 2.55 bits per heavy atom. The first-order valence-corrected chi connectivity index (χ1v) is 10.3. The number of hydrogen-bond donors (Lipinski definition) is 1. The zero-order chi connectivity index (χ0) is 20.4.